The van der Waals surface area contributed by atoms with Crippen molar-refractivity contribution in [2.45, 2.75) is 30.7 Å². The minimum atomic E-state index is -3.64. The maximum atomic E-state index is 12.6. The normalized spacial score (nSPS) is 15.4. The summed E-state index contributed by atoms with van der Waals surface area (Å²) in [5, 5.41) is 9.85. The molecule has 2 N–H and O–H groups in total. The zero-order chi connectivity index (χ0) is 20.1. The van der Waals surface area contributed by atoms with E-state index in [1.165, 1.54) is 18.2 Å². The molecule has 0 unspecified atom stereocenters. The predicted molar refractivity (Wildman–Crippen MR) is 105 cm³/mol. The van der Waals surface area contributed by atoms with Gasteiger partial charge in [0.25, 0.3) is 5.91 Å². The Balaban J connectivity index is 1.59. The van der Waals surface area contributed by atoms with Crippen LogP contribution in [0.15, 0.2) is 53.4 Å². The number of carbonyl (C=O) groups is 1. The molecule has 7 nitrogen and oxygen atoms in total. The molecule has 1 heterocycles. The van der Waals surface area contributed by atoms with Crippen molar-refractivity contribution in [3.05, 3.63) is 54.1 Å². The Morgan fingerprint density at radius 2 is 1.79 bits per heavy atom. The smallest absolute Gasteiger partial charge is 0.257 e. The molecule has 1 saturated heterocycles. The van der Waals surface area contributed by atoms with E-state index in [-0.39, 0.29) is 28.2 Å². The van der Waals surface area contributed by atoms with E-state index in [9.17, 15) is 18.3 Å². The molecule has 3 rings (SSSR count). The summed E-state index contributed by atoms with van der Waals surface area (Å²) in [6.07, 6.45) is 1.02. The number of nitrogens with zero attached hydrogens (tertiary/aromatic N) is 1. The first-order valence-corrected chi connectivity index (χ1v) is 10.7. The minimum Gasteiger partial charge on any atom is -0.507 e. The van der Waals surface area contributed by atoms with E-state index in [2.05, 4.69) is 4.72 Å². The first-order chi connectivity index (χ1) is 13.4. The number of aromatic hydroxyl groups is 1. The number of para-hydroxylation sites is 1. The third kappa shape index (κ3) is 4.63. The van der Waals surface area contributed by atoms with Gasteiger partial charge in [0, 0.05) is 19.1 Å². The topological polar surface area (TPSA) is 95.9 Å². The predicted octanol–water partition coefficient (Wildman–Crippen LogP) is 2.37. The molecule has 0 aromatic heterocycles. The molecule has 0 radical (unpaired) electrons. The molecule has 1 amide bonds. The van der Waals surface area contributed by atoms with E-state index >= 15 is 0 Å². The first-order valence-electron chi connectivity index (χ1n) is 9.23. The van der Waals surface area contributed by atoms with Gasteiger partial charge in [-0.15, -0.1) is 0 Å². The van der Waals surface area contributed by atoms with Crippen LogP contribution in [0.5, 0.6) is 11.5 Å². The lowest BCUT2D eigenvalue weighted by Gasteiger charge is -2.32. The Morgan fingerprint density at radius 3 is 2.39 bits per heavy atom. The third-order valence-corrected chi connectivity index (χ3v) is 6.22. The standard InChI is InChI=1S/C20H24N2O5S/c1-2-27-16-7-9-17(10-8-16)28(25,26)21-15-11-13-22(14-12-15)20(24)18-5-3-4-6-19(18)23/h3-10,15,21,23H,2,11-14H2,1H3. The van der Waals surface area contributed by atoms with Crippen LogP contribution in [0.4, 0.5) is 0 Å². The van der Waals surface area contributed by atoms with E-state index in [4.69, 9.17) is 4.74 Å². The number of likely N-dealkylation sites (tertiary alicyclic amines) is 1. The van der Waals surface area contributed by atoms with Crippen LogP contribution in [0, 0.1) is 0 Å². The molecular formula is C20H24N2O5S. The van der Waals surface area contributed by atoms with Gasteiger partial charge in [0.05, 0.1) is 17.1 Å². The maximum absolute atomic E-state index is 12.6. The van der Waals surface area contributed by atoms with Crippen LogP contribution >= 0.6 is 0 Å². The molecule has 2 aromatic carbocycles. The van der Waals surface area contributed by atoms with Crippen LogP contribution in [0.3, 0.4) is 0 Å². The number of rotatable bonds is 6. The highest BCUT2D eigenvalue weighted by Crippen LogP contribution is 2.22. The Kier molecular flexibility index (Phi) is 6.21. The first kappa shape index (κ1) is 20.2. The molecule has 1 aliphatic heterocycles. The maximum Gasteiger partial charge on any atom is 0.257 e. The molecule has 8 heteroatoms. The van der Waals surface area contributed by atoms with Crippen molar-refractivity contribution in [2.75, 3.05) is 19.7 Å². The number of ether oxygens (including phenoxy) is 1. The van der Waals surface area contributed by atoms with E-state index < -0.39 is 10.0 Å². The highest BCUT2D eigenvalue weighted by atomic mass is 32.2. The number of hydrogen-bond acceptors (Lipinski definition) is 5. The molecule has 0 spiro atoms. The molecule has 150 valence electrons. The lowest BCUT2D eigenvalue weighted by Crippen LogP contribution is -2.46. The summed E-state index contributed by atoms with van der Waals surface area (Å²) in [7, 11) is -3.64. The summed E-state index contributed by atoms with van der Waals surface area (Å²) in [6, 6.07) is 12.5. The van der Waals surface area contributed by atoms with E-state index in [1.54, 1.807) is 35.2 Å². The number of piperidine rings is 1. The monoisotopic (exact) mass is 404 g/mol. The molecule has 0 atom stereocenters. The minimum absolute atomic E-state index is 0.0502. The van der Waals surface area contributed by atoms with Gasteiger partial charge in [-0.1, -0.05) is 12.1 Å². The highest BCUT2D eigenvalue weighted by molar-refractivity contribution is 7.89. The second kappa shape index (κ2) is 8.62. The number of carbonyl (C=O) groups excluding carboxylic acids is 1. The second-order valence-corrected chi connectivity index (χ2v) is 8.32. The summed E-state index contributed by atoms with van der Waals surface area (Å²) in [4.78, 5) is 14.4. The summed E-state index contributed by atoms with van der Waals surface area (Å²) < 4.78 is 33.2. The van der Waals surface area contributed by atoms with E-state index in [0.29, 0.717) is 38.3 Å². The van der Waals surface area contributed by atoms with Crippen molar-refractivity contribution in [3.8, 4) is 11.5 Å². The molecule has 28 heavy (non-hydrogen) atoms. The summed E-state index contributed by atoms with van der Waals surface area (Å²) in [5.41, 5.74) is 0.260. The van der Waals surface area contributed by atoms with Crippen molar-refractivity contribution in [2.24, 2.45) is 0 Å². The average Bonchev–Trinajstić information content (AvgIpc) is 2.69. The Labute approximate surface area is 165 Å². The SMILES string of the molecule is CCOc1ccc(S(=O)(=O)NC2CCN(C(=O)c3ccccc3O)CC2)cc1. The van der Waals surface area contributed by atoms with E-state index in [0.717, 1.165) is 0 Å². The summed E-state index contributed by atoms with van der Waals surface area (Å²) in [6.45, 7) is 3.22. The second-order valence-electron chi connectivity index (χ2n) is 6.61. The molecule has 2 aromatic rings. The van der Waals surface area contributed by atoms with Gasteiger partial charge >= 0.3 is 0 Å². The van der Waals surface area contributed by atoms with Crippen LogP contribution in [-0.4, -0.2) is 50.1 Å². The molecular weight excluding hydrogens is 380 g/mol. The van der Waals surface area contributed by atoms with Crippen molar-refractivity contribution in [3.63, 3.8) is 0 Å². The fourth-order valence-corrected chi connectivity index (χ4v) is 4.50. The van der Waals surface area contributed by atoms with Crippen LogP contribution in [-0.2, 0) is 10.0 Å². The number of sulfonamides is 1. The molecule has 0 aliphatic carbocycles. The molecule has 0 saturated carbocycles. The fourth-order valence-electron chi connectivity index (χ4n) is 3.19. The molecule has 1 fully saturated rings. The number of phenolic OH excluding ortho intramolecular Hbond substituents is 1. The van der Waals surface area contributed by atoms with Gasteiger partial charge in [-0.05, 0) is 56.2 Å². The fraction of sp³-hybridized carbons (Fsp3) is 0.350. The average molecular weight is 404 g/mol. The van der Waals surface area contributed by atoms with Gasteiger partial charge in [-0.3, -0.25) is 4.79 Å². The number of benzene rings is 2. The van der Waals surface area contributed by atoms with Gasteiger partial charge in [-0.25, -0.2) is 13.1 Å². The molecule has 1 aliphatic rings. The van der Waals surface area contributed by atoms with E-state index in [1.807, 2.05) is 6.92 Å². The number of nitrogens with one attached hydrogen (secondary N) is 1. The molecule has 0 bridgehead atoms. The van der Waals surface area contributed by atoms with Crippen molar-refractivity contribution < 1.29 is 23.1 Å². The number of phenols is 1. The Bertz CT molecular complexity index is 920. The van der Waals surface area contributed by atoms with Crippen LogP contribution in [0.1, 0.15) is 30.1 Å². The lowest BCUT2D eigenvalue weighted by molar-refractivity contribution is 0.0708. The Hall–Kier alpha value is -2.58. The van der Waals surface area contributed by atoms with Gasteiger partial charge < -0.3 is 14.7 Å². The van der Waals surface area contributed by atoms with Crippen LogP contribution in [0.25, 0.3) is 0 Å². The summed E-state index contributed by atoms with van der Waals surface area (Å²) >= 11 is 0. The van der Waals surface area contributed by atoms with Crippen molar-refractivity contribution in [1.29, 1.82) is 0 Å². The zero-order valence-electron chi connectivity index (χ0n) is 15.7. The van der Waals surface area contributed by atoms with Gasteiger partial charge in [-0.2, -0.15) is 0 Å². The largest absolute Gasteiger partial charge is 0.507 e. The van der Waals surface area contributed by atoms with Gasteiger partial charge in [0.15, 0.2) is 0 Å². The van der Waals surface area contributed by atoms with Gasteiger partial charge in [0.1, 0.15) is 11.5 Å². The number of hydrogen-bond donors (Lipinski definition) is 2. The zero-order valence-corrected chi connectivity index (χ0v) is 16.5. The number of amides is 1. The third-order valence-electron chi connectivity index (χ3n) is 4.68. The van der Waals surface area contributed by atoms with Crippen LogP contribution < -0.4 is 9.46 Å². The van der Waals surface area contributed by atoms with Gasteiger partial charge in [0.2, 0.25) is 10.0 Å². The van der Waals surface area contributed by atoms with Crippen molar-refractivity contribution in [1.82, 2.24) is 9.62 Å². The highest BCUT2D eigenvalue weighted by Gasteiger charge is 2.28. The van der Waals surface area contributed by atoms with Crippen LogP contribution in [0.2, 0.25) is 0 Å². The quantitative estimate of drug-likeness (QED) is 0.771. The van der Waals surface area contributed by atoms with Crippen molar-refractivity contribution >= 4 is 15.9 Å². The summed E-state index contributed by atoms with van der Waals surface area (Å²) in [5.74, 6) is 0.328. The lowest BCUT2D eigenvalue weighted by atomic mass is 10.0. The Morgan fingerprint density at radius 1 is 1.14 bits per heavy atom.